The molecule has 0 fully saturated rings. The van der Waals surface area contributed by atoms with Gasteiger partial charge >= 0.3 is 7.82 Å². The lowest BCUT2D eigenvalue weighted by atomic mass is 9.96. The number of phenols is 1. The molecule has 0 saturated carbocycles. The van der Waals surface area contributed by atoms with Crippen molar-refractivity contribution in [2.45, 2.75) is 64.6 Å². The van der Waals surface area contributed by atoms with E-state index in [9.17, 15) is 22.9 Å². The first kappa shape index (κ1) is 22.8. The van der Waals surface area contributed by atoms with Gasteiger partial charge in [0.15, 0.2) is 0 Å². The first-order chi connectivity index (χ1) is 12.8. The van der Waals surface area contributed by atoms with Crippen LogP contribution in [-0.2, 0) is 28.2 Å². The number of rotatable bonds is 8. The van der Waals surface area contributed by atoms with Crippen LogP contribution in [0.3, 0.4) is 0 Å². The summed E-state index contributed by atoms with van der Waals surface area (Å²) in [6, 6.07) is 2.37. The van der Waals surface area contributed by atoms with Gasteiger partial charge in [-0.05, 0) is 45.2 Å². The summed E-state index contributed by atoms with van der Waals surface area (Å²) in [4.78, 5) is 12.5. The molecule has 1 aromatic carbocycles. The maximum atomic E-state index is 12.8. The first-order valence-electron chi connectivity index (χ1n) is 8.84. The third-order valence-electron chi connectivity index (χ3n) is 3.76. The molecular formula is C17H26NO8PS. The minimum atomic E-state index is -4.29. The van der Waals surface area contributed by atoms with Crippen LogP contribution in [0.5, 0.6) is 5.75 Å². The van der Waals surface area contributed by atoms with E-state index >= 15 is 0 Å². The van der Waals surface area contributed by atoms with Gasteiger partial charge in [0.1, 0.15) is 17.4 Å². The second kappa shape index (κ2) is 8.12. The first-order valence-corrected chi connectivity index (χ1v) is 11.7. The van der Waals surface area contributed by atoms with Gasteiger partial charge in [0.2, 0.25) is 0 Å². The second-order valence-corrected chi connectivity index (χ2v) is 10.6. The van der Waals surface area contributed by atoms with Crippen molar-refractivity contribution in [1.82, 2.24) is 4.31 Å². The number of fused-ring (bicyclic) bond motifs is 1. The van der Waals surface area contributed by atoms with Crippen molar-refractivity contribution in [3.05, 3.63) is 23.3 Å². The van der Waals surface area contributed by atoms with Gasteiger partial charge in [-0.3, -0.25) is 18.4 Å². The van der Waals surface area contributed by atoms with E-state index < -0.39 is 42.7 Å². The summed E-state index contributed by atoms with van der Waals surface area (Å²) < 4.78 is 54.5. The highest BCUT2D eigenvalue weighted by molar-refractivity contribution is 7.90. The summed E-state index contributed by atoms with van der Waals surface area (Å²) >= 11 is 0. The molecule has 11 heteroatoms. The Labute approximate surface area is 165 Å². The molecule has 1 aliphatic rings. The number of hydrogen-bond acceptors (Lipinski definition) is 8. The Hall–Kier alpha value is -1.45. The van der Waals surface area contributed by atoms with Gasteiger partial charge in [-0.1, -0.05) is 13.8 Å². The highest BCUT2D eigenvalue weighted by Crippen LogP contribution is 2.52. The Morgan fingerprint density at radius 2 is 1.61 bits per heavy atom. The second-order valence-electron chi connectivity index (χ2n) is 7.24. The average Bonchev–Trinajstić information content (AvgIpc) is 2.69. The number of amides is 1. The van der Waals surface area contributed by atoms with Crippen LogP contribution in [0.25, 0.3) is 0 Å². The molecule has 0 bridgehead atoms. The topological polar surface area (TPSA) is 119 Å². The van der Waals surface area contributed by atoms with E-state index in [-0.39, 0.29) is 22.1 Å². The van der Waals surface area contributed by atoms with Crippen LogP contribution >= 0.6 is 7.82 Å². The summed E-state index contributed by atoms with van der Waals surface area (Å²) in [5.41, 5.74) is 0.368. The third kappa shape index (κ3) is 4.58. The number of hydrogen-bond donors (Lipinski definition) is 1. The Bertz CT molecular complexity index is 896. The molecule has 0 atom stereocenters. The van der Waals surface area contributed by atoms with Crippen LogP contribution in [0.4, 0.5) is 0 Å². The number of carbonyl (C=O) groups excluding carboxylic acids is 1. The predicted molar refractivity (Wildman–Crippen MR) is 102 cm³/mol. The summed E-state index contributed by atoms with van der Waals surface area (Å²) in [6.07, 6.45) is -1.03. The Balaban J connectivity index is 2.39. The minimum Gasteiger partial charge on any atom is -0.508 e. The van der Waals surface area contributed by atoms with Crippen molar-refractivity contribution in [2.24, 2.45) is 0 Å². The quantitative estimate of drug-likeness (QED) is 0.615. The molecule has 0 saturated heterocycles. The maximum Gasteiger partial charge on any atom is 0.477 e. The molecule has 1 N–H and O–H groups in total. The summed E-state index contributed by atoms with van der Waals surface area (Å²) in [7, 11) is -8.40. The molecule has 0 radical (unpaired) electrons. The van der Waals surface area contributed by atoms with Gasteiger partial charge in [-0.2, -0.15) is 0 Å². The fourth-order valence-corrected chi connectivity index (χ4v) is 5.73. The standard InChI is InChI=1S/C17H26NO8PS/c1-10(2)14-7-13(19)8-15-16(14)17(20)18(28(15,22)23)9-24-27(21,25-11(3)4)26-12(5)6/h7-8,10-12,19H,9H2,1-6H3. The zero-order valence-corrected chi connectivity index (χ0v) is 18.4. The zero-order chi connectivity index (χ0) is 21.4. The fourth-order valence-electron chi connectivity index (χ4n) is 2.72. The highest BCUT2D eigenvalue weighted by Gasteiger charge is 2.45. The van der Waals surface area contributed by atoms with E-state index in [4.69, 9.17) is 13.6 Å². The number of aromatic hydroxyl groups is 1. The van der Waals surface area contributed by atoms with Crippen LogP contribution in [0.1, 0.15) is 63.4 Å². The van der Waals surface area contributed by atoms with Crippen molar-refractivity contribution in [3.8, 4) is 5.75 Å². The lowest BCUT2D eigenvalue weighted by Crippen LogP contribution is -2.32. The summed E-state index contributed by atoms with van der Waals surface area (Å²) in [5.74, 6) is -1.29. The number of nitrogens with zero attached hydrogens (tertiary/aromatic N) is 1. The monoisotopic (exact) mass is 435 g/mol. The van der Waals surface area contributed by atoms with Gasteiger partial charge in [-0.25, -0.2) is 17.3 Å². The molecular weight excluding hydrogens is 409 g/mol. The van der Waals surface area contributed by atoms with Crippen LogP contribution < -0.4 is 0 Å². The Kier molecular flexibility index (Phi) is 6.62. The molecule has 28 heavy (non-hydrogen) atoms. The third-order valence-corrected chi connectivity index (χ3v) is 7.28. The molecule has 2 rings (SSSR count). The van der Waals surface area contributed by atoms with E-state index in [0.29, 0.717) is 9.87 Å². The smallest absolute Gasteiger partial charge is 0.477 e. The molecule has 0 aliphatic carbocycles. The van der Waals surface area contributed by atoms with E-state index in [0.717, 1.165) is 6.07 Å². The van der Waals surface area contributed by atoms with Gasteiger partial charge < -0.3 is 5.11 Å². The summed E-state index contributed by atoms with van der Waals surface area (Å²) in [5, 5.41) is 9.88. The summed E-state index contributed by atoms with van der Waals surface area (Å²) in [6.45, 7) is 9.17. The molecule has 0 aromatic heterocycles. The normalized spacial score (nSPS) is 16.5. The van der Waals surface area contributed by atoms with E-state index in [2.05, 4.69) is 0 Å². The molecule has 1 aromatic rings. The van der Waals surface area contributed by atoms with Gasteiger partial charge in [0.25, 0.3) is 15.9 Å². The van der Waals surface area contributed by atoms with Crippen LogP contribution in [-0.4, -0.2) is 42.7 Å². The number of carbonyl (C=O) groups is 1. The van der Waals surface area contributed by atoms with Crippen molar-refractivity contribution in [1.29, 1.82) is 0 Å². The molecule has 158 valence electrons. The van der Waals surface area contributed by atoms with Gasteiger partial charge in [-0.15, -0.1) is 0 Å². The van der Waals surface area contributed by atoms with E-state index in [1.54, 1.807) is 41.5 Å². The Morgan fingerprint density at radius 1 is 1.07 bits per heavy atom. The molecule has 1 heterocycles. The number of phenolic OH excluding ortho intramolecular Hbond substituents is 1. The SMILES string of the molecule is CC(C)OP(=O)(OCN1C(=O)c2c(C(C)C)cc(O)cc2S1(=O)=O)OC(C)C. The van der Waals surface area contributed by atoms with E-state index in [1.165, 1.54) is 6.07 Å². The molecule has 1 amide bonds. The lowest BCUT2D eigenvalue weighted by molar-refractivity contribution is 0.0496. The maximum absolute atomic E-state index is 12.8. The lowest BCUT2D eigenvalue weighted by Gasteiger charge is -2.24. The van der Waals surface area contributed by atoms with Crippen molar-refractivity contribution in [2.75, 3.05) is 6.73 Å². The minimum absolute atomic E-state index is 0.0270. The van der Waals surface area contributed by atoms with Crippen molar-refractivity contribution < 1.29 is 36.5 Å². The van der Waals surface area contributed by atoms with Crippen LogP contribution in [0, 0.1) is 0 Å². The largest absolute Gasteiger partial charge is 0.508 e. The number of benzene rings is 1. The molecule has 9 nitrogen and oxygen atoms in total. The van der Waals surface area contributed by atoms with Gasteiger partial charge in [0, 0.05) is 6.07 Å². The molecule has 1 aliphatic heterocycles. The molecule has 0 spiro atoms. The van der Waals surface area contributed by atoms with Gasteiger partial charge in [0.05, 0.1) is 17.8 Å². The average molecular weight is 435 g/mol. The van der Waals surface area contributed by atoms with Crippen molar-refractivity contribution in [3.63, 3.8) is 0 Å². The predicted octanol–water partition coefficient (Wildman–Crippen LogP) is 3.59. The number of phosphoric ester groups is 1. The number of phosphoric acid groups is 1. The van der Waals surface area contributed by atoms with E-state index in [1.807, 2.05) is 0 Å². The van der Waals surface area contributed by atoms with Crippen LogP contribution in [0.2, 0.25) is 0 Å². The highest BCUT2D eigenvalue weighted by atomic mass is 32.2. The number of sulfonamides is 1. The Morgan fingerprint density at radius 3 is 2.07 bits per heavy atom. The van der Waals surface area contributed by atoms with Crippen molar-refractivity contribution >= 4 is 23.8 Å². The molecule has 0 unspecified atom stereocenters. The van der Waals surface area contributed by atoms with Crippen LogP contribution in [0.15, 0.2) is 17.0 Å². The zero-order valence-electron chi connectivity index (χ0n) is 16.7. The fraction of sp³-hybridized carbons (Fsp3) is 0.588.